The third-order valence-corrected chi connectivity index (χ3v) is 8.64. The molecule has 3 aliphatic rings. The van der Waals surface area contributed by atoms with Crippen molar-refractivity contribution in [2.75, 3.05) is 0 Å². The van der Waals surface area contributed by atoms with Crippen molar-refractivity contribution in [1.29, 1.82) is 0 Å². The van der Waals surface area contributed by atoms with Gasteiger partial charge in [-0.25, -0.2) is 4.98 Å². The molecule has 0 radical (unpaired) electrons. The molecule has 2 aromatic heterocycles. The lowest BCUT2D eigenvalue weighted by atomic mass is 9.84. The molecule has 1 aliphatic heterocycles. The average molecular weight is 513 g/mol. The van der Waals surface area contributed by atoms with Crippen LogP contribution in [-0.4, -0.2) is 19.5 Å². The highest BCUT2D eigenvalue weighted by Crippen LogP contribution is 2.53. The maximum Gasteiger partial charge on any atom is 0.238 e. The molecule has 0 saturated carbocycles. The Kier molecular flexibility index (Phi) is 3.72. The SMILES string of the molecule is C1=CC2Oc3ccc4c5c3c2c2c1ccc1c2c5c(n1-c1nc(-c2ccccc2)nc(-c2ccccc2)n1)=CC4. The van der Waals surface area contributed by atoms with Gasteiger partial charge in [-0.3, -0.25) is 4.57 Å². The van der Waals surface area contributed by atoms with Gasteiger partial charge in [0.25, 0.3) is 0 Å². The van der Waals surface area contributed by atoms with Gasteiger partial charge in [0, 0.05) is 32.8 Å². The van der Waals surface area contributed by atoms with Crippen LogP contribution in [-0.2, 0) is 6.42 Å². The Balaban J connectivity index is 1.38. The highest BCUT2D eigenvalue weighted by Gasteiger charge is 2.35. The Labute approximate surface area is 228 Å². The Morgan fingerprint density at radius 3 is 2.17 bits per heavy atom. The summed E-state index contributed by atoms with van der Waals surface area (Å²) in [4.78, 5) is 15.1. The first kappa shape index (κ1) is 20.6. The van der Waals surface area contributed by atoms with E-state index >= 15 is 0 Å². The molecule has 2 aliphatic carbocycles. The molecule has 1 unspecified atom stereocenters. The number of hydrogen-bond acceptors (Lipinski definition) is 4. The number of aromatic nitrogens is 4. The quantitative estimate of drug-likeness (QED) is 0.240. The van der Waals surface area contributed by atoms with Gasteiger partial charge in [-0.2, -0.15) is 9.97 Å². The highest BCUT2D eigenvalue weighted by atomic mass is 16.5. The molecular weight excluding hydrogens is 492 g/mol. The van der Waals surface area contributed by atoms with Crippen LogP contribution in [0.3, 0.4) is 0 Å². The number of ether oxygens (including phenoxy) is 1. The highest BCUT2D eigenvalue weighted by molar-refractivity contribution is 6.28. The molecule has 0 fully saturated rings. The van der Waals surface area contributed by atoms with Gasteiger partial charge in [0.2, 0.25) is 5.95 Å². The molecule has 5 aromatic carbocycles. The van der Waals surface area contributed by atoms with Crippen LogP contribution in [0.25, 0.3) is 73.3 Å². The lowest BCUT2D eigenvalue weighted by Crippen LogP contribution is -2.20. The van der Waals surface area contributed by atoms with E-state index in [4.69, 9.17) is 19.7 Å². The van der Waals surface area contributed by atoms with Crippen LogP contribution in [0.1, 0.15) is 22.8 Å². The second-order valence-corrected chi connectivity index (χ2v) is 10.7. The minimum absolute atomic E-state index is 0.0444. The summed E-state index contributed by atoms with van der Waals surface area (Å²) in [5.74, 6) is 2.95. The summed E-state index contributed by atoms with van der Waals surface area (Å²) in [6.45, 7) is 0. The molecule has 0 saturated heterocycles. The van der Waals surface area contributed by atoms with Crippen LogP contribution in [0, 0.1) is 0 Å². The Bertz CT molecular complexity index is 2260. The fourth-order valence-electron chi connectivity index (χ4n) is 6.99. The van der Waals surface area contributed by atoms with E-state index < -0.39 is 0 Å². The normalized spacial score (nSPS) is 15.9. The van der Waals surface area contributed by atoms with Gasteiger partial charge in [-0.15, -0.1) is 0 Å². The predicted octanol–water partition coefficient (Wildman–Crippen LogP) is 6.97. The standard InChI is InChI=1S/C35H20N4O/c1-3-7-21(8-4-1)33-36-34(22-9-5-2-6-10-22)38-35(37-33)39-23-15-11-19-13-17-25-31-27(19)29(23)30-24(39)16-12-20-14-18-26(40-25)32(31)28(20)30/h1-11,13-18,25H,12H2. The molecule has 186 valence electrons. The van der Waals surface area contributed by atoms with Gasteiger partial charge in [0.1, 0.15) is 11.9 Å². The smallest absolute Gasteiger partial charge is 0.238 e. The van der Waals surface area contributed by atoms with E-state index in [9.17, 15) is 0 Å². The van der Waals surface area contributed by atoms with E-state index in [2.05, 4.69) is 71.3 Å². The molecule has 0 N–H and O–H groups in total. The topological polar surface area (TPSA) is 52.8 Å². The average Bonchev–Trinajstić information content (AvgIpc) is 3.58. The minimum atomic E-state index is -0.0444. The molecular formula is C35H20N4O. The van der Waals surface area contributed by atoms with Gasteiger partial charge >= 0.3 is 0 Å². The van der Waals surface area contributed by atoms with Crippen molar-refractivity contribution in [2.24, 2.45) is 0 Å². The summed E-state index contributed by atoms with van der Waals surface area (Å²) in [6, 6.07) is 29.2. The molecule has 10 rings (SSSR count). The largest absolute Gasteiger partial charge is 0.481 e. The van der Waals surface area contributed by atoms with E-state index in [1.165, 1.54) is 43.6 Å². The van der Waals surface area contributed by atoms with E-state index in [-0.39, 0.29) is 6.10 Å². The zero-order valence-electron chi connectivity index (χ0n) is 21.3. The lowest BCUT2D eigenvalue weighted by molar-refractivity contribution is 0.277. The fraction of sp³-hybridized carbons (Fsp3) is 0.0571. The second kappa shape index (κ2) is 7.21. The summed E-state index contributed by atoms with van der Waals surface area (Å²) in [6.07, 6.45) is 7.54. The lowest BCUT2D eigenvalue weighted by Gasteiger charge is -2.18. The van der Waals surface area contributed by atoms with Crippen LogP contribution in [0.5, 0.6) is 5.75 Å². The van der Waals surface area contributed by atoms with Crippen molar-refractivity contribution >= 4 is 44.6 Å². The van der Waals surface area contributed by atoms with Gasteiger partial charge in [-0.05, 0) is 46.5 Å². The molecule has 40 heavy (non-hydrogen) atoms. The van der Waals surface area contributed by atoms with Crippen molar-refractivity contribution in [2.45, 2.75) is 12.5 Å². The molecule has 0 amide bonds. The van der Waals surface area contributed by atoms with Crippen molar-refractivity contribution in [1.82, 2.24) is 19.5 Å². The summed E-state index contributed by atoms with van der Waals surface area (Å²) >= 11 is 0. The van der Waals surface area contributed by atoms with Crippen molar-refractivity contribution in [3.05, 3.63) is 113 Å². The van der Waals surface area contributed by atoms with Gasteiger partial charge < -0.3 is 4.74 Å². The predicted molar refractivity (Wildman–Crippen MR) is 158 cm³/mol. The number of benzene rings is 5. The van der Waals surface area contributed by atoms with E-state index in [1.807, 2.05) is 36.4 Å². The Hall–Kier alpha value is -5.29. The first-order valence-corrected chi connectivity index (χ1v) is 13.6. The summed E-state index contributed by atoms with van der Waals surface area (Å²) in [7, 11) is 0. The van der Waals surface area contributed by atoms with Crippen LogP contribution in [0.2, 0.25) is 0 Å². The molecule has 7 aromatic rings. The Morgan fingerprint density at radius 2 is 1.43 bits per heavy atom. The van der Waals surface area contributed by atoms with Crippen LogP contribution < -0.4 is 10.1 Å². The minimum Gasteiger partial charge on any atom is -0.481 e. The van der Waals surface area contributed by atoms with E-state index in [0.29, 0.717) is 17.6 Å². The van der Waals surface area contributed by atoms with Crippen molar-refractivity contribution in [3.63, 3.8) is 0 Å². The maximum atomic E-state index is 6.45. The monoisotopic (exact) mass is 512 g/mol. The summed E-state index contributed by atoms with van der Waals surface area (Å²) in [5.41, 5.74) is 6.93. The van der Waals surface area contributed by atoms with E-state index in [1.54, 1.807) is 0 Å². The number of nitrogens with zero attached hydrogens (tertiary/aromatic N) is 4. The first-order valence-electron chi connectivity index (χ1n) is 13.6. The van der Waals surface area contributed by atoms with Crippen LogP contribution in [0.4, 0.5) is 0 Å². The molecule has 0 bridgehead atoms. The molecule has 5 nitrogen and oxygen atoms in total. The first-order chi connectivity index (χ1) is 19.8. The summed E-state index contributed by atoms with van der Waals surface area (Å²) < 4.78 is 8.70. The molecule has 3 heterocycles. The van der Waals surface area contributed by atoms with Crippen molar-refractivity contribution in [3.8, 4) is 34.5 Å². The third kappa shape index (κ3) is 2.50. The van der Waals surface area contributed by atoms with Crippen molar-refractivity contribution < 1.29 is 4.74 Å². The van der Waals surface area contributed by atoms with Crippen LogP contribution >= 0.6 is 0 Å². The zero-order valence-corrected chi connectivity index (χ0v) is 21.3. The maximum absolute atomic E-state index is 6.45. The number of hydrogen-bond donors (Lipinski definition) is 0. The number of rotatable bonds is 3. The second-order valence-electron chi connectivity index (χ2n) is 10.7. The molecule has 1 atom stereocenters. The van der Waals surface area contributed by atoms with Crippen LogP contribution in [0.15, 0.2) is 91.0 Å². The zero-order chi connectivity index (χ0) is 25.9. The van der Waals surface area contributed by atoms with Gasteiger partial charge in [0.15, 0.2) is 11.6 Å². The van der Waals surface area contributed by atoms with Gasteiger partial charge in [-0.1, -0.05) is 84.9 Å². The van der Waals surface area contributed by atoms with E-state index in [0.717, 1.165) is 34.2 Å². The van der Waals surface area contributed by atoms with Gasteiger partial charge in [0.05, 0.1) is 10.9 Å². The third-order valence-electron chi connectivity index (χ3n) is 8.64. The summed E-state index contributed by atoms with van der Waals surface area (Å²) in [5, 5.41) is 7.57. The Morgan fingerprint density at radius 1 is 0.675 bits per heavy atom. The molecule has 0 spiro atoms. The fourth-order valence-corrected chi connectivity index (χ4v) is 6.99. The molecule has 5 heteroatoms.